The van der Waals surface area contributed by atoms with Crippen LogP contribution >= 0.6 is 0 Å². The Kier molecular flexibility index (Phi) is 34.8. The summed E-state index contributed by atoms with van der Waals surface area (Å²) in [6, 6.07) is -0.836. The van der Waals surface area contributed by atoms with Crippen LogP contribution in [0.25, 0.3) is 0 Å². The summed E-state index contributed by atoms with van der Waals surface area (Å²) in [6.45, 7) is 4.11. The molecule has 1 amide bonds. The number of carbonyl (C=O) groups is 1. The van der Waals surface area contributed by atoms with Gasteiger partial charge in [-0.05, 0) is 83.5 Å². The maximum atomic E-state index is 12.4. The van der Waals surface area contributed by atoms with Crippen molar-refractivity contribution in [2.45, 2.75) is 199 Å². The Balaban J connectivity index is 3.78. The Morgan fingerprint density at radius 3 is 1.50 bits per heavy atom. The SMILES string of the molecule is CCCCC/C=C\C/C=C\CCCCCCCCCC(=O)NC(CO)C(O)C(O)CCC/C=C/CC/C=C/CCCCCCCC. The molecule has 4 N–H and O–H groups in total. The van der Waals surface area contributed by atoms with Crippen LogP contribution in [0.1, 0.15) is 181 Å². The molecule has 0 aliphatic heterocycles. The number of allylic oxidation sites excluding steroid dienone is 8. The van der Waals surface area contributed by atoms with Crippen LogP contribution in [0.5, 0.6) is 0 Å². The lowest BCUT2D eigenvalue weighted by molar-refractivity contribution is -0.124. The molecule has 0 aromatic heterocycles. The van der Waals surface area contributed by atoms with Gasteiger partial charge in [0.2, 0.25) is 5.91 Å². The van der Waals surface area contributed by atoms with Gasteiger partial charge in [0.05, 0.1) is 18.8 Å². The maximum Gasteiger partial charge on any atom is 0.220 e. The highest BCUT2D eigenvalue weighted by Gasteiger charge is 2.26. The Bertz CT molecular complexity index is 760. The van der Waals surface area contributed by atoms with Crippen molar-refractivity contribution in [1.82, 2.24) is 5.32 Å². The molecule has 0 aromatic carbocycles. The number of nitrogens with one attached hydrogen (secondary N) is 1. The minimum Gasteiger partial charge on any atom is -0.394 e. The first-order valence-corrected chi connectivity index (χ1v) is 19.4. The van der Waals surface area contributed by atoms with E-state index in [0.29, 0.717) is 12.8 Å². The van der Waals surface area contributed by atoms with Gasteiger partial charge in [-0.15, -0.1) is 0 Å². The van der Waals surface area contributed by atoms with Gasteiger partial charge in [-0.25, -0.2) is 0 Å². The van der Waals surface area contributed by atoms with Gasteiger partial charge in [0.15, 0.2) is 0 Å². The summed E-state index contributed by atoms with van der Waals surface area (Å²) in [5, 5.41) is 33.4. The monoisotopic (exact) mass is 646 g/mol. The van der Waals surface area contributed by atoms with E-state index in [0.717, 1.165) is 57.8 Å². The summed E-state index contributed by atoms with van der Waals surface area (Å²) in [4.78, 5) is 12.4. The third-order valence-corrected chi connectivity index (χ3v) is 8.63. The predicted octanol–water partition coefficient (Wildman–Crippen LogP) is 10.6. The third kappa shape index (κ3) is 30.9. The molecule has 0 spiro atoms. The van der Waals surface area contributed by atoms with Crippen molar-refractivity contribution in [3.63, 3.8) is 0 Å². The zero-order chi connectivity index (χ0) is 33.8. The Labute approximate surface area is 285 Å². The standard InChI is InChI=1S/C41H75NO4/c1-3-5-7-9-11-13-15-17-19-20-22-24-26-28-30-32-34-36-40(45)42-38(37-43)41(46)39(44)35-33-31-29-27-25-23-21-18-16-14-12-10-8-6-4-2/h11,13,17-19,21,27,29,38-39,41,43-44,46H,3-10,12,14-16,20,22-26,28,30-37H2,1-2H3,(H,42,45)/b13-11-,19-17-,21-18+,29-27+. The topological polar surface area (TPSA) is 89.8 Å². The smallest absolute Gasteiger partial charge is 0.220 e. The van der Waals surface area contributed by atoms with Crippen LogP contribution in [0.15, 0.2) is 48.6 Å². The number of amides is 1. The summed E-state index contributed by atoms with van der Waals surface area (Å²) >= 11 is 0. The van der Waals surface area contributed by atoms with Gasteiger partial charge in [0.1, 0.15) is 6.10 Å². The van der Waals surface area contributed by atoms with Crippen LogP contribution in [-0.4, -0.2) is 46.1 Å². The van der Waals surface area contributed by atoms with E-state index in [4.69, 9.17) is 0 Å². The molecule has 0 aromatic rings. The van der Waals surface area contributed by atoms with Crippen LogP contribution in [0.2, 0.25) is 0 Å². The average molecular weight is 646 g/mol. The number of rotatable bonds is 34. The maximum absolute atomic E-state index is 12.4. The molecule has 0 fully saturated rings. The molecule has 0 bridgehead atoms. The van der Waals surface area contributed by atoms with Crippen molar-refractivity contribution in [2.24, 2.45) is 0 Å². The highest BCUT2D eigenvalue weighted by molar-refractivity contribution is 5.76. The summed E-state index contributed by atoms with van der Waals surface area (Å²) in [5.41, 5.74) is 0. The fraction of sp³-hybridized carbons (Fsp3) is 0.780. The van der Waals surface area contributed by atoms with E-state index >= 15 is 0 Å². The van der Waals surface area contributed by atoms with Gasteiger partial charge >= 0.3 is 0 Å². The van der Waals surface area contributed by atoms with Crippen LogP contribution in [-0.2, 0) is 4.79 Å². The Hall–Kier alpha value is -1.69. The lowest BCUT2D eigenvalue weighted by atomic mass is 10.0. The van der Waals surface area contributed by atoms with Gasteiger partial charge in [-0.3, -0.25) is 4.79 Å². The summed E-state index contributed by atoms with van der Waals surface area (Å²) in [6.07, 6.45) is 44.8. The summed E-state index contributed by atoms with van der Waals surface area (Å²) in [5.74, 6) is -0.170. The summed E-state index contributed by atoms with van der Waals surface area (Å²) in [7, 11) is 0. The highest BCUT2D eigenvalue weighted by atomic mass is 16.3. The van der Waals surface area contributed by atoms with Gasteiger partial charge in [-0.1, -0.05) is 140 Å². The molecule has 46 heavy (non-hydrogen) atoms. The molecule has 3 atom stereocenters. The van der Waals surface area contributed by atoms with Crippen molar-refractivity contribution in [2.75, 3.05) is 6.61 Å². The quantitative estimate of drug-likeness (QED) is 0.0414. The van der Waals surface area contributed by atoms with Crippen LogP contribution in [0, 0.1) is 0 Å². The molecule has 0 saturated heterocycles. The second-order valence-corrected chi connectivity index (χ2v) is 13.1. The molecular formula is C41H75NO4. The number of hydrogen-bond acceptors (Lipinski definition) is 4. The Morgan fingerprint density at radius 1 is 0.543 bits per heavy atom. The van der Waals surface area contributed by atoms with E-state index in [1.54, 1.807) is 0 Å². The second kappa shape index (κ2) is 36.2. The fourth-order valence-corrected chi connectivity index (χ4v) is 5.56. The van der Waals surface area contributed by atoms with Crippen molar-refractivity contribution in [3.8, 4) is 0 Å². The van der Waals surface area contributed by atoms with Gasteiger partial charge in [0, 0.05) is 6.42 Å². The molecule has 0 aliphatic carbocycles. The van der Waals surface area contributed by atoms with Crippen molar-refractivity contribution in [1.29, 1.82) is 0 Å². The number of carbonyl (C=O) groups excluding carboxylic acids is 1. The third-order valence-electron chi connectivity index (χ3n) is 8.63. The highest BCUT2D eigenvalue weighted by Crippen LogP contribution is 2.13. The molecule has 0 heterocycles. The number of unbranched alkanes of at least 4 members (excludes halogenated alkanes) is 18. The van der Waals surface area contributed by atoms with Gasteiger partial charge in [-0.2, -0.15) is 0 Å². The normalized spacial score (nSPS) is 14.3. The molecule has 0 saturated carbocycles. The molecule has 0 aliphatic rings. The molecule has 0 rings (SSSR count). The van der Waals surface area contributed by atoms with E-state index in [-0.39, 0.29) is 12.5 Å². The molecule has 5 heteroatoms. The molecule has 0 radical (unpaired) electrons. The van der Waals surface area contributed by atoms with Crippen LogP contribution in [0.4, 0.5) is 0 Å². The van der Waals surface area contributed by atoms with E-state index in [2.05, 4.69) is 67.8 Å². The van der Waals surface area contributed by atoms with Gasteiger partial charge < -0.3 is 20.6 Å². The lowest BCUT2D eigenvalue weighted by Gasteiger charge is -2.26. The van der Waals surface area contributed by atoms with Gasteiger partial charge in [0.25, 0.3) is 0 Å². The lowest BCUT2D eigenvalue weighted by Crippen LogP contribution is -2.50. The first kappa shape index (κ1) is 44.3. The van der Waals surface area contributed by atoms with E-state index in [1.807, 2.05) is 0 Å². The van der Waals surface area contributed by atoms with Crippen molar-refractivity contribution < 1.29 is 20.1 Å². The van der Waals surface area contributed by atoms with E-state index in [1.165, 1.54) is 96.3 Å². The zero-order valence-corrected chi connectivity index (χ0v) is 30.2. The molecular weight excluding hydrogens is 570 g/mol. The number of aliphatic hydroxyl groups excluding tert-OH is 3. The molecule has 268 valence electrons. The second-order valence-electron chi connectivity index (χ2n) is 13.1. The van der Waals surface area contributed by atoms with Crippen LogP contribution in [0.3, 0.4) is 0 Å². The number of aliphatic hydroxyl groups is 3. The van der Waals surface area contributed by atoms with Crippen molar-refractivity contribution in [3.05, 3.63) is 48.6 Å². The predicted molar refractivity (Wildman–Crippen MR) is 199 cm³/mol. The van der Waals surface area contributed by atoms with Crippen molar-refractivity contribution >= 4 is 5.91 Å². The minimum absolute atomic E-state index is 0.170. The average Bonchev–Trinajstić information content (AvgIpc) is 3.06. The van der Waals surface area contributed by atoms with E-state index < -0.39 is 18.2 Å². The molecule has 5 nitrogen and oxygen atoms in total. The first-order valence-electron chi connectivity index (χ1n) is 19.4. The zero-order valence-electron chi connectivity index (χ0n) is 30.2. The largest absolute Gasteiger partial charge is 0.394 e. The number of hydrogen-bond donors (Lipinski definition) is 4. The fourth-order valence-electron chi connectivity index (χ4n) is 5.56. The molecule has 3 unspecified atom stereocenters. The Morgan fingerprint density at radius 2 is 0.957 bits per heavy atom. The van der Waals surface area contributed by atoms with E-state index in [9.17, 15) is 20.1 Å². The summed E-state index contributed by atoms with van der Waals surface area (Å²) < 4.78 is 0. The first-order chi connectivity index (χ1) is 22.6. The van der Waals surface area contributed by atoms with Crippen LogP contribution < -0.4 is 5.32 Å². The minimum atomic E-state index is -1.17.